The van der Waals surface area contributed by atoms with Crippen LogP contribution in [0.25, 0.3) is 0 Å². The Balaban J connectivity index is 1.54. The molecule has 30 heavy (non-hydrogen) atoms. The van der Waals surface area contributed by atoms with E-state index in [4.69, 9.17) is 10.6 Å². The van der Waals surface area contributed by atoms with Gasteiger partial charge in [0.15, 0.2) is 0 Å². The third-order valence-electron chi connectivity index (χ3n) is 3.85. The van der Waals surface area contributed by atoms with E-state index in [0.29, 0.717) is 5.16 Å². The van der Waals surface area contributed by atoms with Crippen LogP contribution in [0.3, 0.4) is 0 Å². The van der Waals surface area contributed by atoms with Crippen LogP contribution in [0.5, 0.6) is 5.75 Å². The number of thioether (sulfide) groups is 2. The zero-order chi connectivity index (χ0) is 21.3. The Labute approximate surface area is 182 Å². The molecule has 0 radical (unpaired) electrons. The Hall–Kier alpha value is -3.18. The highest BCUT2D eigenvalue weighted by Gasteiger charge is 2.13. The molecule has 0 aliphatic carbocycles. The minimum Gasteiger partial charge on any atom is -0.497 e. The lowest BCUT2D eigenvalue weighted by Crippen LogP contribution is -2.17. The highest BCUT2D eigenvalue weighted by Crippen LogP contribution is 2.25. The van der Waals surface area contributed by atoms with Crippen LogP contribution in [0.2, 0.25) is 0 Å². The summed E-state index contributed by atoms with van der Waals surface area (Å²) >= 11 is 2.75. The Kier molecular flexibility index (Phi) is 7.57. The van der Waals surface area contributed by atoms with Gasteiger partial charge in [-0.15, -0.1) is 22.0 Å². The van der Waals surface area contributed by atoms with Crippen LogP contribution in [0.15, 0.2) is 63.7 Å². The first-order valence-electron chi connectivity index (χ1n) is 8.80. The van der Waals surface area contributed by atoms with Gasteiger partial charge in [0.2, 0.25) is 11.1 Å². The third-order valence-corrected chi connectivity index (χ3v) is 5.59. The van der Waals surface area contributed by atoms with Crippen molar-refractivity contribution in [2.45, 2.75) is 10.1 Å². The molecule has 1 aromatic heterocycles. The Morgan fingerprint density at radius 2 is 2.10 bits per heavy atom. The van der Waals surface area contributed by atoms with Gasteiger partial charge in [-0.05, 0) is 36.1 Å². The van der Waals surface area contributed by atoms with Crippen LogP contribution in [0, 0.1) is 0 Å². The van der Waals surface area contributed by atoms with Crippen LogP contribution < -0.4 is 21.3 Å². The van der Waals surface area contributed by atoms with Crippen molar-refractivity contribution in [2.75, 3.05) is 35.7 Å². The third kappa shape index (κ3) is 5.67. The summed E-state index contributed by atoms with van der Waals surface area (Å²) in [6.45, 7) is 0. The molecular weight excluding hydrogens is 422 g/mol. The van der Waals surface area contributed by atoms with Crippen LogP contribution in [0.4, 0.5) is 11.6 Å². The zero-order valence-corrected chi connectivity index (χ0v) is 18.0. The highest BCUT2D eigenvalue weighted by molar-refractivity contribution is 7.99. The molecule has 3 aromatic rings. The number of carbonyl (C=O) groups is 1. The average molecular weight is 444 g/mol. The Morgan fingerprint density at radius 3 is 2.90 bits per heavy atom. The molecule has 0 aliphatic rings. The molecule has 0 saturated carbocycles. The summed E-state index contributed by atoms with van der Waals surface area (Å²) in [5.41, 5.74) is 4.36. The lowest BCUT2D eigenvalue weighted by Gasteiger charge is -2.08. The van der Waals surface area contributed by atoms with Crippen molar-refractivity contribution in [1.29, 1.82) is 0 Å². The summed E-state index contributed by atoms with van der Waals surface area (Å²) in [6, 6.07) is 15.1. The quantitative estimate of drug-likeness (QED) is 0.200. The molecule has 0 fully saturated rings. The predicted octanol–water partition coefficient (Wildman–Crippen LogP) is 2.90. The average Bonchev–Trinajstić information content (AvgIpc) is 3.12. The number of rotatable bonds is 9. The minimum atomic E-state index is -0.157. The van der Waals surface area contributed by atoms with E-state index < -0.39 is 0 Å². The topological polar surface area (TPSA) is 119 Å². The number of hydrogen-bond acceptors (Lipinski definition) is 9. The molecule has 156 valence electrons. The van der Waals surface area contributed by atoms with Crippen molar-refractivity contribution < 1.29 is 9.53 Å². The molecule has 1 heterocycles. The molecule has 0 saturated heterocycles. The molecule has 0 spiro atoms. The zero-order valence-electron chi connectivity index (χ0n) is 16.4. The number of carbonyl (C=O) groups excluding carboxylic acids is 1. The number of nitrogens with two attached hydrogens (primary N) is 1. The van der Waals surface area contributed by atoms with Gasteiger partial charge >= 0.3 is 0 Å². The smallest absolute Gasteiger partial charge is 0.264 e. The van der Waals surface area contributed by atoms with E-state index in [1.165, 1.54) is 16.4 Å². The Morgan fingerprint density at radius 1 is 1.27 bits per heavy atom. The van der Waals surface area contributed by atoms with Crippen LogP contribution in [-0.2, 0) is 4.79 Å². The summed E-state index contributed by atoms with van der Waals surface area (Å²) in [7, 11) is 1.60. The largest absolute Gasteiger partial charge is 0.497 e. The first-order valence-corrected chi connectivity index (χ1v) is 11.0. The number of nitrogen functional groups attached to an aromatic ring is 1. The van der Waals surface area contributed by atoms with Crippen molar-refractivity contribution in [3.05, 3.63) is 54.1 Å². The van der Waals surface area contributed by atoms with Crippen molar-refractivity contribution in [2.24, 2.45) is 5.10 Å². The molecule has 4 N–H and O–H groups in total. The van der Waals surface area contributed by atoms with Crippen molar-refractivity contribution in [1.82, 2.24) is 14.9 Å². The number of hydrazone groups is 1. The van der Waals surface area contributed by atoms with Crippen LogP contribution in [0.1, 0.15) is 5.56 Å². The van der Waals surface area contributed by atoms with Gasteiger partial charge in [0, 0.05) is 4.90 Å². The summed E-state index contributed by atoms with van der Waals surface area (Å²) in [6.07, 6.45) is 3.57. The number of nitrogens with zero attached hydrogens (tertiary/aromatic N) is 4. The number of para-hydroxylation sites is 1. The summed E-state index contributed by atoms with van der Waals surface area (Å²) < 4.78 is 6.42. The number of nitrogens with one attached hydrogen (secondary N) is 2. The van der Waals surface area contributed by atoms with Gasteiger partial charge in [0.1, 0.15) is 5.75 Å². The van der Waals surface area contributed by atoms with Crippen LogP contribution in [-0.4, -0.2) is 46.1 Å². The Bertz CT molecular complexity index is 1040. The van der Waals surface area contributed by atoms with E-state index in [1.54, 1.807) is 25.1 Å². The molecule has 11 heteroatoms. The second-order valence-corrected chi connectivity index (χ2v) is 7.65. The van der Waals surface area contributed by atoms with Crippen molar-refractivity contribution in [3.8, 4) is 5.75 Å². The molecule has 9 nitrogen and oxygen atoms in total. The van der Waals surface area contributed by atoms with E-state index in [0.717, 1.165) is 21.9 Å². The molecule has 0 atom stereocenters. The fourth-order valence-corrected chi connectivity index (χ4v) is 3.61. The number of ether oxygens (including phenoxy) is 1. The number of amides is 1. The van der Waals surface area contributed by atoms with E-state index in [2.05, 4.69) is 26.0 Å². The lowest BCUT2D eigenvalue weighted by atomic mass is 10.2. The molecule has 0 unspecified atom stereocenters. The second-order valence-electron chi connectivity index (χ2n) is 5.86. The maximum absolute atomic E-state index is 12.3. The number of benzene rings is 2. The van der Waals surface area contributed by atoms with Gasteiger partial charge in [-0.25, -0.2) is 10.1 Å². The van der Waals surface area contributed by atoms with Gasteiger partial charge in [-0.3, -0.25) is 4.79 Å². The SMILES string of the molecule is COc1cccc(/C=N/Nc2nnc(SCC(=O)Nc3ccccc3SC)n2N)c1. The van der Waals surface area contributed by atoms with E-state index >= 15 is 0 Å². The van der Waals surface area contributed by atoms with Gasteiger partial charge < -0.3 is 15.9 Å². The lowest BCUT2D eigenvalue weighted by molar-refractivity contribution is -0.113. The molecule has 0 bridgehead atoms. The standard InChI is InChI=1S/C19H21N7O2S2/c1-28-14-7-5-6-13(10-14)11-21-23-18-24-25-19(26(18)20)30-12-17(27)22-15-8-3-4-9-16(15)29-2/h3-11H,12,20H2,1-2H3,(H,22,27)(H,23,24)/b21-11+. The second kappa shape index (κ2) is 10.6. The molecule has 1 amide bonds. The fourth-order valence-electron chi connectivity index (χ4n) is 2.40. The molecular formula is C19H21N7O2S2. The van der Waals surface area contributed by atoms with Gasteiger partial charge in [-0.2, -0.15) is 5.10 Å². The van der Waals surface area contributed by atoms with E-state index in [1.807, 2.05) is 54.8 Å². The summed E-state index contributed by atoms with van der Waals surface area (Å²) in [5.74, 6) is 6.97. The predicted molar refractivity (Wildman–Crippen MR) is 122 cm³/mol. The first kappa shape index (κ1) is 21.5. The van der Waals surface area contributed by atoms with E-state index in [-0.39, 0.29) is 17.6 Å². The number of anilines is 2. The number of methoxy groups -OCH3 is 1. The van der Waals surface area contributed by atoms with Gasteiger partial charge in [0.25, 0.3) is 5.95 Å². The summed E-state index contributed by atoms with van der Waals surface area (Å²) in [4.78, 5) is 13.3. The number of aromatic nitrogens is 3. The molecule has 3 rings (SSSR count). The van der Waals surface area contributed by atoms with Gasteiger partial charge in [0.05, 0.1) is 24.8 Å². The van der Waals surface area contributed by atoms with Crippen molar-refractivity contribution >= 4 is 47.3 Å². The summed E-state index contributed by atoms with van der Waals surface area (Å²) in [5, 5.41) is 15.3. The molecule has 0 aliphatic heterocycles. The number of hydrogen-bond donors (Lipinski definition) is 3. The van der Waals surface area contributed by atoms with E-state index in [9.17, 15) is 4.79 Å². The maximum Gasteiger partial charge on any atom is 0.264 e. The minimum absolute atomic E-state index is 0.144. The highest BCUT2D eigenvalue weighted by atomic mass is 32.2. The fraction of sp³-hybridized carbons (Fsp3) is 0.158. The first-order chi connectivity index (χ1) is 14.6. The molecule has 2 aromatic carbocycles. The maximum atomic E-state index is 12.3. The van der Waals surface area contributed by atoms with Crippen molar-refractivity contribution in [3.63, 3.8) is 0 Å². The monoisotopic (exact) mass is 443 g/mol. The van der Waals surface area contributed by atoms with Gasteiger partial charge in [-0.1, -0.05) is 36.0 Å². The normalized spacial score (nSPS) is 10.9. The van der Waals surface area contributed by atoms with Crippen LogP contribution >= 0.6 is 23.5 Å².